The van der Waals surface area contributed by atoms with E-state index in [-0.39, 0.29) is 23.4 Å². The highest BCUT2D eigenvalue weighted by molar-refractivity contribution is 6.27. The number of amides is 1. The van der Waals surface area contributed by atoms with E-state index in [0.29, 0.717) is 23.1 Å². The highest BCUT2D eigenvalue weighted by Gasteiger charge is 2.26. The number of carbonyl (C=O) groups is 1. The van der Waals surface area contributed by atoms with E-state index in [1.807, 2.05) is 57.2 Å². The third kappa shape index (κ3) is 3.54. The Balaban J connectivity index is 2.35. The molecule has 6 heteroatoms. The zero-order valence-corrected chi connectivity index (χ0v) is 17.3. The van der Waals surface area contributed by atoms with Gasteiger partial charge >= 0.3 is 0 Å². The van der Waals surface area contributed by atoms with Crippen molar-refractivity contribution in [2.45, 2.75) is 33.2 Å². The number of para-hydroxylation sites is 1. The van der Waals surface area contributed by atoms with Crippen LogP contribution in [-0.4, -0.2) is 33.3 Å². The minimum Gasteiger partial charge on any atom is -0.335 e. The second-order valence-electron chi connectivity index (χ2n) is 6.96. The van der Waals surface area contributed by atoms with E-state index in [4.69, 9.17) is 16.6 Å². The topological polar surface area (TPSA) is 55.2 Å². The number of hydrogen-bond donors (Lipinski definition) is 0. The van der Waals surface area contributed by atoms with Crippen LogP contribution in [0.25, 0.3) is 16.6 Å². The van der Waals surface area contributed by atoms with Crippen molar-refractivity contribution in [3.05, 3.63) is 69.8 Å². The number of nitrogens with zero attached hydrogens (tertiary/aromatic N) is 3. The molecule has 3 rings (SSSR count). The van der Waals surface area contributed by atoms with Gasteiger partial charge in [-0.2, -0.15) is 0 Å². The molecule has 0 saturated carbocycles. The van der Waals surface area contributed by atoms with E-state index in [1.165, 1.54) is 0 Å². The number of fused-ring (bicyclic) bond motifs is 1. The van der Waals surface area contributed by atoms with Crippen LogP contribution in [0.2, 0.25) is 0 Å². The first-order chi connectivity index (χ1) is 13.4. The lowest BCUT2D eigenvalue weighted by Crippen LogP contribution is -2.36. The summed E-state index contributed by atoms with van der Waals surface area (Å²) in [5.41, 5.74) is 3.45. The van der Waals surface area contributed by atoms with E-state index >= 15 is 0 Å². The van der Waals surface area contributed by atoms with Crippen LogP contribution in [0.3, 0.4) is 0 Å². The molecule has 0 spiro atoms. The molecule has 0 aliphatic carbocycles. The number of benzene rings is 2. The van der Waals surface area contributed by atoms with Crippen LogP contribution in [0, 0.1) is 13.8 Å². The molecule has 1 heterocycles. The highest BCUT2D eigenvalue weighted by atomic mass is 35.5. The maximum Gasteiger partial charge on any atom is 0.266 e. The molecule has 0 bridgehead atoms. The molecular formula is C22H24ClN3O2. The lowest BCUT2D eigenvalue weighted by molar-refractivity contribution is -0.129. The standard InChI is InChI=1S/C22H24ClN3O2/c1-5-19(25(4)20(27)13-23)21-24-18-9-7-6-8-17(18)22(28)26(21)16-11-10-14(2)15(3)12-16/h6-12,19H,5,13H2,1-4H3/t19-/m1/s1. The first kappa shape index (κ1) is 20.1. The van der Waals surface area contributed by atoms with Crippen LogP contribution in [0.1, 0.15) is 36.3 Å². The molecule has 3 aromatic rings. The Hall–Kier alpha value is -2.66. The van der Waals surface area contributed by atoms with Crippen molar-refractivity contribution in [3.63, 3.8) is 0 Å². The molecule has 146 valence electrons. The van der Waals surface area contributed by atoms with Gasteiger partial charge in [0, 0.05) is 7.05 Å². The van der Waals surface area contributed by atoms with E-state index < -0.39 is 0 Å². The number of alkyl halides is 1. The van der Waals surface area contributed by atoms with Gasteiger partial charge in [-0.1, -0.05) is 25.1 Å². The third-order valence-corrected chi connectivity index (χ3v) is 5.44. The molecule has 0 radical (unpaired) electrons. The van der Waals surface area contributed by atoms with Crippen molar-refractivity contribution in [3.8, 4) is 5.69 Å². The first-order valence-electron chi connectivity index (χ1n) is 9.30. The minimum absolute atomic E-state index is 0.117. The summed E-state index contributed by atoms with van der Waals surface area (Å²) in [5.74, 6) is 0.215. The fraction of sp³-hybridized carbons (Fsp3) is 0.318. The predicted molar refractivity (Wildman–Crippen MR) is 113 cm³/mol. The average molecular weight is 398 g/mol. The van der Waals surface area contributed by atoms with Crippen LogP contribution in [0.4, 0.5) is 0 Å². The highest BCUT2D eigenvalue weighted by Crippen LogP contribution is 2.25. The summed E-state index contributed by atoms with van der Waals surface area (Å²) in [6.07, 6.45) is 0.606. The van der Waals surface area contributed by atoms with E-state index in [2.05, 4.69) is 0 Å². The van der Waals surface area contributed by atoms with Gasteiger partial charge in [0.25, 0.3) is 5.56 Å². The number of carbonyl (C=O) groups excluding carboxylic acids is 1. The molecule has 5 nitrogen and oxygen atoms in total. The smallest absolute Gasteiger partial charge is 0.266 e. The van der Waals surface area contributed by atoms with Gasteiger partial charge in [-0.15, -0.1) is 11.6 Å². The van der Waals surface area contributed by atoms with Gasteiger partial charge in [0.15, 0.2) is 0 Å². The SMILES string of the molecule is CC[C@H](c1nc2ccccc2c(=O)n1-c1ccc(C)c(C)c1)N(C)C(=O)CCl. The Bertz CT molecular complexity index is 1090. The molecule has 0 saturated heterocycles. The maximum atomic E-state index is 13.4. The third-order valence-electron chi connectivity index (χ3n) is 5.21. The Morgan fingerprint density at radius 3 is 2.54 bits per heavy atom. The molecule has 1 atom stereocenters. The summed E-state index contributed by atoms with van der Waals surface area (Å²) < 4.78 is 1.63. The fourth-order valence-corrected chi connectivity index (χ4v) is 3.57. The van der Waals surface area contributed by atoms with Gasteiger partial charge in [-0.3, -0.25) is 14.2 Å². The molecule has 1 aromatic heterocycles. The largest absolute Gasteiger partial charge is 0.335 e. The van der Waals surface area contributed by atoms with Gasteiger partial charge in [-0.25, -0.2) is 4.98 Å². The quantitative estimate of drug-likeness (QED) is 0.607. The normalized spacial score (nSPS) is 12.2. The summed E-state index contributed by atoms with van der Waals surface area (Å²) >= 11 is 5.78. The van der Waals surface area contributed by atoms with Gasteiger partial charge in [-0.05, 0) is 55.7 Å². The van der Waals surface area contributed by atoms with Gasteiger partial charge < -0.3 is 4.90 Å². The number of rotatable bonds is 5. The van der Waals surface area contributed by atoms with Crippen molar-refractivity contribution >= 4 is 28.4 Å². The summed E-state index contributed by atoms with van der Waals surface area (Å²) in [6.45, 7) is 6.01. The molecule has 1 amide bonds. The predicted octanol–water partition coefficient (Wildman–Crippen LogP) is 4.15. The van der Waals surface area contributed by atoms with Crippen LogP contribution >= 0.6 is 11.6 Å². The Morgan fingerprint density at radius 2 is 1.89 bits per heavy atom. The van der Waals surface area contributed by atoms with Crippen molar-refractivity contribution < 1.29 is 4.79 Å². The minimum atomic E-state index is -0.370. The zero-order valence-electron chi connectivity index (χ0n) is 16.6. The monoisotopic (exact) mass is 397 g/mol. The van der Waals surface area contributed by atoms with E-state index in [1.54, 1.807) is 22.6 Å². The molecule has 0 fully saturated rings. The number of hydrogen-bond acceptors (Lipinski definition) is 3. The lowest BCUT2D eigenvalue weighted by atomic mass is 10.1. The second-order valence-corrected chi connectivity index (χ2v) is 7.23. The van der Waals surface area contributed by atoms with Crippen LogP contribution in [-0.2, 0) is 4.79 Å². The molecule has 2 aromatic carbocycles. The number of aryl methyl sites for hydroxylation is 2. The first-order valence-corrected chi connectivity index (χ1v) is 9.83. The van der Waals surface area contributed by atoms with Crippen LogP contribution in [0.5, 0.6) is 0 Å². The summed E-state index contributed by atoms with van der Waals surface area (Å²) in [7, 11) is 1.70. The molecule has 0 aliphatic rings. The fourth-order valence-electron chi connectivity index (χ4n) is 3.39. The summed E-state index contributed by atoms with van der Waals surface area (Å²) in [6, 6.07) is 12.8. The number of halogens is 1. The Labute approximate surface area is 169 Å². The zero-order chi connectivity index (χ0) is 20.4. The molecule has 28 heavy (non-hydrogen) atoms. The van der Waals surface area contributed by atoms with Crippen molar-refractivity contribution in [1.29, 1.82) is 0 Å². The number of aromatic nitrogens is 2. The maximum absolute atomic E-state index is 13.4. The van der Waals surface area contributed by atoms with E-state index in [0.717, 1.165) is 16.8 Å². The molecule has 0 unspecified atom stereocenters. The van der Waals surface area contributed by atoms with Crippen LogP contribution in [0.15, 0.2) is 47.3 Å². The summed E-state index contributed by atoms with van der Waals surface area (Å²) in [5, 5.41) is 0.547. The van der Waals surface area contributed by atoms with Gasteiger partial charge in [0.2, 0.25) is 5.91 Å². The van der Waals surface area contributed by atoms with Gasteiger partial charge in [0.1, 0.15) is 11.7 Å². The molecule has 0 aliphatic heterocycles. The van der Waals surface area contributed by atoms with Crippen molar-refractivity contribution in [2.75, 3.05) is 12.9 Å². The molecule has 0 N–H and O–H groups in total. The molecular weight excluding hydrogens is 374 g/mol. The average Bonchev–Trinajstić information content (AvgIpc) is 2.70. The lowest BCUT2D eigenvalue weighted by Gasteiger charge is -2.28. The Kier molecular flexibility index (Phi) is 5.84. The second kappa shape index (κ2) is 8.15. The van der Waals surface area contributed by atoms with Crippen molar-refractivity contribution in [2.24, 2.45) is 0 Å². The van der Waals surface area contributed by atoms with Crippen LogP contribution < -0.4 is 5.56 Å². The van der Waals surface area contributed by atoms with E-state index in [9.17, 15) is 9.59 Å². The van der Waals surface area contributed by atoms with Gasteiger partial charge in [0.05, 0.1) is 22.6 Å². The Morgan fingerprint density at radius 1 is 1.18 bits per heavy atom. The van der Waals surface area contributed by atoms with Crippen molar-refractivity contribution in [1.82, 2.24) is 14.5 Å². The summed E-state index contributed by atoms with van der Waals surface area (Å²) in [4.78, 5) is 32.1.